The fourth-order valence-corrected chi connectivity index (χ4v) is 2.87. The van der Waals surface area contributed by atoms with Crippen molar-refractivity contribution >= 4 is 17.7 Å². The summed E-state index contributed by atoms with van der Waals surface area (Å²) in [5.41, 5.74) is 0.860. The summed E-state index contributed by atoms with van der Waals surface area (Å²) in [6.07, 6.45) is 1.39. The number of carbonyl (C=O) groups excluding carboxylic acids is 1. The highest BCUT2D eigenvalue weighted by atomic mass is 32.2. The molecule has 0 saturated heterocycles. The van der Waals surface area contributed by atoms with E-state index in [4.69, 9.17) is 4.74 Å². The number of thioether (sulfide) groups is 1. The monoisotopic (exact) mass is 302 g/mol. The Balaban J connectivity index is 2.30. The van der Waals surface area contributed by atoms with Gasteiger partial charge in [0.25, 0.3) is 0 Å². The van der Waals surface area contributed by atoms with Gasteiger partial charge in [0.05, 0.1) is 17.9 Å². The van der Waals surface area contributed by atoms with Gasteiger partial charge in [-0.05, 0) is 12.5 Å². The number of hydrogen-bond acceptors (Lipinski definition) is 6. The number of nitrogens with zero attached hydrogens (tertiary/aromatic N) is 3. The molecule has 0 spiro atoms. The Labute approximate surface area is 126 Å². The maximum atomic E-state index is 12.0. The number of carbonyl (C=O) groups is 1. The lowest BCUT2D eigenvalue weighted by atomic mass is 10.00. The molecule has 2 unspecified atom stereocenters. The molecule has 6 nitrogen and oxygen atoms in total. The van der Waals surface area contributed by atoms with E-state index in [1.54, 1.807) is 6.92 Å². The van der Waals surface area contributed by atoms with E-state index in [2.05, 4.69) is 15.2 Å². The van der Waals surface area contributed by atoms with Crippen LogP contribution < -0.4 is 0 Å². The van der Waals surface area contributed by atoms with Gasteiger partial charge in [-0.3, -0.25) is 9.89 Å². The first-order valence-corrected chi connectivity index (χ1v) is 7.27. The molecule has 108 valence electrons. The topological polar surface area (TPSA) is 91.7 Å². The molecule has 0 aliphatic heterocycles. The van der Waals surface area contributed by atoms with Crippen LogP contribution in [0.2, 0.25) is 0 Å². The van der Waals surface area contributed by atoms with E-state index < -0.39 is 17.1 Å². The summed E-state index contributed by atoms with van der Waals surface area (Å²) in [4.78, 5) is 16.1. The van der Waals surface area contributed by atoms with E-state index in [1.165, 1.54) is 18.1 Å². The molecule has 0 bridgehead atoms. The van der Waals surface area contributed by atoms with Crippen LogP contribution in [0.25, 0.3) is 0 Å². The van der Waals surface area contributed by atoms with Gasteiger partial charge in [0, 0.05) is 0 Å². The fourth-order valence-electron chi connectivity index (χ4n) is 1.82. The number of aromatic nitrogens is 3. The molecule has 0 aliphatic carbocycles. The summed E-state index contributed by atoms with van der Waals surface area (Å²) in [6, 6.07) is 11.4. The van der Waals surface area contributed by atoms with Crippen LogP contribution in [0.5, 0.6) is 0 Å². The van der Waals surface area contributed by atoms with Gasteiger partial charge in [-0.15, -0.1) is 0 Å². The van der Waals surface area contributed by atoms with Crippen LogP contribution in [0.15, 0.2) is 41.8 Å². The second-order valence-electron chi connectivity index (χ2n) is 4.10. The van der Waals surface area contributed by atoms with Crippen LogP contribution in [-0.2, 0) is 9.53 Å². The van der Waals surface area contributed by atoms with Crippen LogP contribution in [0.1, 0.15) is 17.7 Å². The Bertz CT molecular complexity index is 610. The maximum absolute atomic E-state index is 12.0. The van der Waals surface area contributed by atoms with Crippen molar-refractivity contribution in [2.75, 3.05) is 6.61 Å². The van der Waals surface area contributed by atoms with Crippen LogP contribution in [0.4, 0.5) is 0 Å². The minimum absolute atomic E-state index is 0.242. The zero-order valence-corrected chi connectivity index (χ0v) is 12.2. The molecule has 1 heterocycles. The van der Waals surface area contributed by atoms with Crippen LogP contribution in [-0.4, -0.2) is 27.8 Å². The van der Waals surface area contributed by atoms with Crippen molar-refractivity contribution in [3.05, 3.63) is 42.2 Å². The molecule has 2 rings (SSSR count). The molecular weight excluding hydrogens is 288 g/mol. The highest BCUT2D eigenvalue weighted by Gasteiger charge is 2.32. The van der Waals surface area contributed by atoms with E-state index in [9.17, 15) is 10.1 Å². The number of aromatic amines is 1. The Morgan fingerprint density at radius 2 is 2.24 bits per heavy atom. The first kappa shape index (κ1) is 15.1. The van der Waals surface area contributed by atoms with Crippen molar-refractivity contribution in [3.8, 4) is 6.07 Å². The molecule has 2 atom stereocenters. The van der Waals surface area contributed by atoms with Gasteiger partial charge in [0.1, 0.15) is 6.33 Å². The third-order valence-electron chi connectivity index (χ3n) is 2.74. The summed E-state index contributed by atoms with van der Waals surface area (Å²) in [6.45, 7) is 1.96. The fraction of sp³-hybridized carbons (Fsp3) is 0.286. The number of nitrogens with one attached hydrogen (secondary N) is 1. The molecule has 21 heavy (non-hydrogen) atoms. The molecule has 0 radical (unpaired) electrons. The third-order valence-corrected chi connectivity index (χ3v) is 3.96. The second-order valence-corrected chi connectivity index (χ2v) is 5.23. The quantitative estimate of drug-likeness (QED) is 0.650. The maximum Gasteiger partial charge on any atom is 0.324 e. The predicted molar refractivity (Wildman–Crippen MR) is 77.2 cm³/mol. The number of ether oxygens (including phenoxy) is 1. The van der Waals surface area contributed by atoms with Gasteiger partial charge < -0.3 is 4.74 Å². The molecule has 2 aromatic rings. The van der Waals surface area contributed by atoms with Crippen molar-refractivity contribution in [2.45, 2.75) is 17.3 Å². The lowest BCUT2D eigenvalue weighted by Crippen LogP contribution is -2.22. The summed E-state index contributed by atoms with van der Waals surface area (Å²) in [5, 5.41) is 16.0. The SMILES string of the molecule is CCOC(=O)C(C#N)C(Sc1ncn[nH]1)c1ccccc1. The number of esters is 1. The largest absolute Gasteiger partial charge is 0.465 e. The third kappa shape index (κ3) is 3.83. The van der Waals surface area contributed by atoms with Crippen molar-refractivity contribution < 1.29 is 9.53 Å². The number of hydrogen-bond donors (Lipinski definition) is 1. The molecular formula is C14H14N4O2S. The second kappa shape index (κ2) is 7.45. The molecule has 1 N–H and O–H groups in total. The number of nitriles is 1. The zero-order chi connectivity index (χ0) is 15.1. The highest BCUT2D eigenvalue weighted by molar-refractivity contribution is 7.99. The van der Waals surface area contributed by atoms with Gasteiger partial charge in [-0.1, -0.05) is 42.1 Å². The molecule has 1 aromatic heterocycles. The molecule has 0 saturated carbocycles. The molecule has 0 fully saturated rings. The zero-order valence-electron chi connectivity index (χ0n) is 11.4. The summed E-state index contributed by atoms with van der Waals surface area (Å²) >= 11 is 1.28. The lowest BCUT2D eigenvalue weighted by molar-refractivity contribution is -0.146. The van der Waals surface area contributed by atoms with Crippen LogP contribution in [0.3, 0.4) is 0 Å². The van der Waals surface area contributed by atoms with Gasteiger partial charge in [-0.25, -0.2) is 4.98 Å². The van der Waals surface area contributed by atoms with E-state index in [0.29, 0.717) is 5.16 Å². The smallest absolute Gasteiger partial charge is 0.324 e. The Morgan fingerprint density at radius 1 is 1.48 bits per heavy atom. The number of H-pyrrole nitrogens is 1. The lowest BCUT2D eigenvalue weighted by Gasteiger charge is -2.19. The Kier molecular flexibility index (Phi) is 5.35. The average Bonchev–Trinajstić information content (AvgIpc) is 3.01. The molecule has 0 aliphatic rings. The summed E-state index contributed by atoms with van der Waals surface area (Å²) < 4.78 is 5.00. The minimum atomic E-state index is -0.914. The Morgan fingerprint density at radius 3 is 2.81 bits per heavy atom. The predicted octanol–water partition coefficient (Wildman–Crippen LogP) is 2.34. The number of benzene rings is 1. The number of rotatable bonds is 6. The van der Waals surface area contributed by atoms with Gasteiger partial charge in [0.2, 0.25) is 0 Å². The van der Waals surface area contributed by atoms with Gasteiger partial charge >= 0.3 is 5.97 Å². The van der Waals surface area contributed by atoms with E-state index in [1.807, 2.05) is 36.4 Å². The molecule has 7 heteroatoms. The first-order chi connectivity index (χ1) is 10.3. The van der Waals surface area contributed by atoms with Crippen molar-refractivity contribution in [1.29, 1.82) is 5.26 Å². The Hall–Kier alpha value is -2.33. The van der Waals surface area contributed by atoms with E-state index >= 15 is 0 Å². The minimum Gasteiger partial charge on any atom is -0.465 e. The van der Waals surface area contributed by atoms with Crippen LogP contribution in [0, 0.1) is 17.2 Å². The first-order valence-electron chi connectivity index (χ1n) is 6.39. The van der Waals surface area contributed by atoms with Gasteiger partial charge in [-0.2, -0.15) is 10.4 Å². The highest BCUT2D eigenvalue weighted by Crippen LogP contribution is 2.39. The van der Waals surface area contributed by atoms with Crippen molar-refractivity contribution in [2.24, 2.45) is 5.92 Å². The van der Waals surface area contributed by atoms with Crippen LogP contribution >= 0.6 is 11.8 Å². The van der Waals surface area contributed by atoms with E-state index in [-0.39, 0.29) is 6.61 Å². The standard InChI is InChI=1S/C14H14N4O2S/c1-2-20-13(19)11(8-15)12(10-6-4-3-5-7-10)21-14-16-9-17-18-14/h3-7,9,11-12H,2H2,1H3,(H,16,17,18). The summed E-state index contributed by atoms with van der Waals surface area (Å²) in [5.74, 6) is -1.44. The molecule has 0 amide bonds. The summed E-state index contributed by atoms with van der Waals surface area (Å²) in [7, 11) is 0. The molecule has 1 aromatic carbocycles. The van der Waals surface area contributed by atoms with Crippen molar-refractivity contribution in [1.82, 2.24) is 15.2 Å². The average molecular weight is 302 g/mol. The van der Waals surface area contributed by atoms with Gasteiger partial charge in [0.15, 0.2) is 11.1 Å². The normalized spacial score (nSPS) is 13.1. The van der Waals surface area contributed by atoms with Crippen molar-refractivity contribution in [3.63, 3.8) is 0 Å². The van der Waals surface area contributed by atoms with E-state index in [0.717, 1.165) is 5.56 Å².